The number of aliphatic imine (C=N–C) groups is 1. The fourth-order valence-electron chi connectivity index (χ4n) is 2.30. The van der Waals surface area contributed by atoms with Gasteiger partial charge in [-0.2, -0.15) is 11.8 Å². The molecule has 1 saturated heterocycles. The Bertz CT molecular complexity index is 425. The number of rotatable bonds is 5. The van der Waals surface area contributed by atoms with E-state index in [0.717, 1.165) is 45.2 Å². The highest BCUT2D eigenvalue weighted by molar-refractivity contribution is 7.99. The van der Waals surface area contributed by atoms with E-state index in [1.165, 1.54) is 5.00 Å². The van der Waals surface area contributed by atoms with Crippen molar-refractivity contribution in [2.75, 3.05) is 50.4 Å². The van der Waals surface area contributed by atoms with Crippen LogP contribution in [0.2, 0.25) is 0 Å². The van der Waals surface area contributed by atoms with Crippen LogP contribution in [-0.2, 0) is 0 Å². The predicted octanol–water partition coefficient (Wildman–Crippen LogP) is 2.59. The van der Waals surface area contributed by atoms with Crippen molar-refractivity contribution in [2.24, 2.45) is 4.99 Å². The van der Waals surface area contributed by atoms with E-state index in [4.69, 9.17) is 4.99 Å². The largest absolute Gasteiger partial charge is 0.360 e. The molecular formula is C15H26N4S2. The molecule has 1 aromatic rings. The number of thioether (sulfide) groups is 1. The summed E-state index contributed by atoms with van der Waals surface area (Å²) in [6.45, 7) is 10.4. The lowest BCUT2D eigenvalue weighted by Crippen LogP contribution is -2.52. The topological polar surface area (TPSA) is 30.9 Å². The summed E-state index contributed by atoms with van der Waals surface area (Å²) < 4.78 is 0. The van der Waals surface area contributed by atoms with E-state index in [9.17, 15) is 0 Å². The lowest BCUT2D eigenvalue weighted by Gasteiger charge is -2.37. The number of hydrogen-bond donors (Lipinski definition) is 1. The summed E-state index contributed by atoms with van der Waals surface area (Å²) in [5, 5.41) is 7.54. The second kappa shape index (κ2) is 8.54. The summed E-state index contributed by atoms with van der Waals surface area (Å²) in [7, 11) is 0. The van der Waals surface area contributed by atoms with Gasteiger partial charge in [-0.05, 0) is 30.7 Å². The van der Waals surface area contributed by atoms with Crippen molar-refractivity contribution >= 4 is 34.1 Å². The Morgan fingerprint density at radius 1 is 1.43 bits per heavy atom. The summed E-state index contributed by atoms with van der Waals surface area (Å²) >= 11 is 3.70. The molecule has 0 bridgehead atoms. The number of thiophene rings is 1. The summed E-state index contributed by atoms with van der Waals surface area (Å²) in [6.07, 6.45) is 2.15. The zero-order chi connectivity index (χ0) is 15.1. The number of guanidine groups is 1. The van der Waals surface area contributed by atoms with Crippen LogP contribution in [0.25, 0.3) is 0 Å². The van der Waals surface area contributed by atoms with E-state index in [2.05, 4.69) is 52.7 Å². The van der Waals surface area contributed by atoms with Gasteiger partial charge in [0, 0.05) is 38.0 Å². The first-order valence-corrected chi connectivity index (χ1v) is 9.75. The first-order chi connectivity index (χ1) is 10.2. The average molecular weight is 327 g/mol. The molecule has 4 nitrogen and oxygen atoms in total. The van der Waals surface area contributed by atoms with Crippen LogP contribution >= 0.6 is 23.1 Å². The lowest BCUT2D eigenvalue weighted by atomic mass is 10.3. The molecule has 6 heteroatoms. The Kier molecular flexibility index (Phi) is 6.70. The van der Waals surface area contributed by atoms with Crippen molar-refractivity contribution in [1.82, 2.24) is 10.2 Å². The monoisotopic (exact) mass is 326 g/mol. The van der Waals surface area contributed by atoms with Crippen molar-refractivity contribution < 1.29 is 0 Å². The lowest BCUT2D eigenvalue weighted by molar-refractivity contribution is 0.373. The third kappa shape index (κ3) is 4.81. The summed E-state index contributed by atoms with van der Waals surface area (Å²) in [4.78, 5) is 9.65. The third-order valence-corrected chi connectivity index (χ3v) is 5.52. The molecule has 2 rings (SSSR count). The second-order valence-electron chi connectivity index (χ2n) is 5.17. The molecule has 0 saturated carbocycles. The number of nitrogens with zero attached hydrogens (tertiary/aromatic N) is 3. The van der Waals surface area contributed by atoms with Crippen LogP contribution in [-0.4, -0.2) is 61.6 Å². The molecule has 0 radical (unpaired) electrons. The third-order valence-electron chi connectivity index (χ3n) is 3.63. The van der Waals surface area contributed by atoms with Gasteiger partial charge >= 0.3 is 0 Å². The van der Waals surface area contributed by atoms with E-state index < -0.39 is 0 Å². The van der Waals surface area contributed by atoms with Gasteiger partial charge in [0.2, 0.25) is 0 Å². The van der Waals surface area contributed by atoms with Gasteiger partial charge in [-0.3, -0.25) is 4.99 Å². The van der Waals surface area contributed by atoms with Crippen LogP contribution in [0.5, 0.6) is 0 Å². The molecule has 0 aromatic carbocycles. The van der Waals surface area contributed by atoms with Gasteiger partial charge in [0.05, 0.1) is 11.5 Å². The van der Waals surface area contributed by atoms with Crippen molar-refractivity contribution in [3.05, 3.63) is 17.5 Å². The Morgan fingerprint density at radius 3 is 2.76 bits per heavy atom. The molecular weight excluding hydrogens is 300 g/mol. The minimum Gasteiger partial charge on any atom is -0.360 e. The van der Waals surface area contributed by atoms with Gasteiger partial charge in [0.25, 0.3) is 0 Å². The Hall–Kier alpha value is -0.880. The molecule has 1 aromatic heterocycles. The number of hydrogen-bond acceptors (Lipinski definition) is 4. The molecule has 1 N–H and O–H groups in total. The fraction of sp³-hybridized carbons (Fsp3) is 0.667. The molecule has 1 aliphatic rings. The maximum Gasteiger partial charge on any atom is 0.194 e. The second-order valence-corrected chi connectivity index (χ2v) is 7.37. The minimum atomic E-state index is 0.575. The van der Waals surface area contributed by atoms with E-state index in [1.807, 2.05) is 23.1 Å². The van der Waals surface area contributed by atoms with E-state index in [0.29, 0.717) is 5.25 Å². The predicted molar refractivity (Wildman–Crippen MR) is 97.1 cm³/mol. The highest BCUT2D eigenvalue weighted by Crippen LogP contribution is 2.22. The average Bonchev–Trinajstić information content (AvgIpc) is 3.05. The normalized spacial score (nSPS) is 18.0. The van der Waals surface area contributed by atoms with Crippen molar-refractivity contribution in [3.63, 3.8) is 0 Å². The molecule has 21 heavy (non-hydrogen) atoms. The SMILES string of the molecule is CCNC(=NCC(C)SC)N1CCN(c2cccs2)CC1. The molecule has 1 aliphatic heterocycles. The summed E-state index contributed by atoms with van der Waals surface area (Å²) in [5.41, 5.74) is 0. The quantitative estimate of drug-likeness (QED) is 0.665. The Balaban J connectivity index is 1.90. The van der Waals surface area contributed by atoms with Crippen LogP contribution in [0.3, 0.4) is 0 Å². The molecule has 1 unspecified atom stereocenters. The van der Waals surface area contributed by atoms with Gasteiger partial charge in [-0.1, -0.05) is 6.92 Å². The highest BCUT2D eigenvalue weighted by Gasteiger charge is 2.20. The first kappa shape index (κ1) is 16.5. The van der Waals surface area contributed by atoms with Gasteiger partial charge in [0.15, 0.2) is 5.96 Å². The smallest absolute Gasteiger partial charge is 0.194 e. The van der Waals surface area contributed by atoms with Crippen molar-refractivity contribution in [1.29, 1.82) is 0 Å². The minimum absolute atomic E-state index is 0.575. The Morgan fingerprint density at radius 2 is 2.19 bits per heavy atom. The summed E-state index contributed by atoms with van der Waals surface area (Å²) in [6, 6.07) is 4.33. The maximum atomic E-state index is 4.79. The standard InChI is InChI=1S/C15H26N4S2/c1-4-16-15(17-12-13(2)20-3)19-9-7-18(8-10-19)14-6-5-11-21-14/h5-6,11,13H,4,7-10,12H2,1-3H3,(H,16,17). The van der Waals surface area contributed by atoms with Gasteiger partial charge in [0.1, 0.15) is 0 Å². The molecule has 0 aliphatic carbocycles. The first-order valence-electron chi connectivity index (χ1n) is 7.59. The van der Waals surface area contributed by atoms with E-state index in [1.54, 1.807) is 0 Å². The molecule has 0 spiro atoms. The van der Waals surface area contributed by atoms with E-state index >= 15 is 0 Å². The van der Waals surface area contributed by atoms with Crippen LogP contribution in [0.1, 0.15) is 13.8 Å². The van der Waals surface area contributed by atoms with Crippen LogP contribution < -0.4 is 10.2 Å². The van der Waals surface area contributed by atoms with E-state index in [-0.39, 0.29) is 0 Å². The molecule has 0 amide bonds. The highest BCUT2D eigenvalue weighted by atomic mass is 32.2. The molecule has 1 fully saturated rings. The number of nitrogens with one attached hydrogen (secondary N) is 1. The van der Waals surface area contributed by atoms with Crippen LogP contribution in [0.15, 0.2) is 22.5 Å². The van der Waals surface area contributed by atoms with Crippen molar-refractivity contribution in [2.45, 2.75) is 19.1 Å². The zero-order valence-electron chi connectivity index (χ0n) is 13.2. The van der Waals surface area contributed by atoms with Crippen LogP contribution in [0.4, 0.5) is 5.00 Å². The fourth-order valence-corrected chi connectivity index (χ4v) is 3.31. The number of piperazine rings is 1. The molecule has 2 heterocycles. The number of anilines is 1. The molecule has 118 valence electrons. The van der Waals surface area contributed by atoms with Gasteiger partial charge in [-0.15, -0.1) is 11.3 Å². The van der Waals surface area contributed by atoms with Gasteiger partial charge in [-0.25, -0.2) is 0 Å². The van der Waals surface area contributed by atoms with Crippen LogP contribution in [0, 0.1) is 0 Å². The molecule has 1 atom stereocenters. The zero-order valence-corrected chi connectivity index (χ0v) is 14.8. The van der Waals surface area contributed by atoms with Gasteiger partial charge < -0.3 is 15.1 Å². The summed E-state index contributed by atoms with van der Waals surface area (Å²) in [5.74, 6) is 1.07. The van der Waals surface area contributed by atoms with Crippen molar-refractivity contribution in [3.8, 4) is 0 Å². The maximum absolute atomic E-state index is 4.79. The Labute approximate surface area is 136 Å².